The lowest BCUT2D eigenvalue weighted by atomic mass is 9.98. The van der Waals surface area contributed by atoms with Crippen molar-refractivity contribution < 1.29 is 9.15 Å². The van der Waals surface area contributed by atoms with E-state index < -0.39 is 0 Å². The minimum Gasteiger partial charge on any atom is -0.456 e. The monoisotopic (exact) mass is 690 g/mol. The smallest absolute Gasteiger partial charge is 0.235 e. The summed E-state index contributed by atoms with van der Waals surface area (Å²) < 4.78 is 17.4. The largest absolute Gasteiger partial charge is 0.456 e. The Morgan fingerprint density at radius 2 is 1.04 bits per heavy atom. The lowest BCUT2D eigenvalue weighted by Gasteiger charge is -2.21. The molecule has 6 nitrogen and oxygen atoms in total. The van der Waals surface area contributed by atoms with Crippen molar-refractivity contribution >= 4 is 87.2 Å². The van der Waals surface area contributed by atoms with Crippen molar-refractivity contribution in [2.45, 2.75) is 0 Å². The topological polar surface area (TPSA) is 58.0 Å². The molecule has 0 spiro atoms. The van der Waals surface area contributed by atoms with Crippen LogP contribution in [0, 0.1) is 0 Å². The van der Waals surface area contributed by atoms with Gasteiger partial charge in [0.15, 0.2) is 0 Å². The molecule has 5 heterocycles. The van der Waals surface area contributed by atoms with Crippen molar-refractivity contribution in [2.75, 3.05) is 0 Å². The Balaban J connectivity index is 1.27. The van der Waals surface area contributed by atoms with E-state index in [9.17, 15) is 0 Å². The van der Waals surface area contributed by atoms with E-state index in [1.54, 1.807) is 0 Å². The summed E-state index contributed by atoms with van der Waals surface area (Å²) in [6, 6.07) is 55.3. The number of aromatic nitrogens is 4. The first-order chi connectivity index (χ1) is 26.8. The van der Waals surface area contributed by atoms with Gasteiger partial charge < -0.3 is 13.7 Å². The van der Waals surface area contributed by atoms with Gasteiger partial charge in [-0.25, -0.2) is 9.97 Å². The average Bonchev–Trinajstić information content (AvgIpc) is 3.89. The van der Waals surface area contributed by atoms with Gasteiger partial charge in [-0.05, 0) is 71.4 Å². The number of furan rings is 1. The lowest BCUT2D eigenvalue weighted by Crippen LogP contribution is -2.07. The first-order valence-electron chi connectivity index (χ1n) is 18.2. The second-order valence-corrected chi connectivity index (χ2v) is 14.1. The first kappa shape index (κ1) is 28.2. The van der Waals surface area contributed by atoms with E-state index in [0.717, 1.165) is 88.7 Å². The second kappa shape index (κ2) is 10.1. The van der Waals surface area contributed by atoms with E-state index in [0.29, 0.717) is 5.95 Å². The lowest BCUT2D eigenvalue weighted by molar-refractivity contribution is 0.486. The Morgan fingerprint density at radius 1 is 0.426 bits per heavy atom. The molecule has 6 heteroatoms. The molecule has 4 aromatic heterocycles. The van der Waals surface area contributed by atoms with Crippen molar-refractivity contribution in [3.05, 3.63) is 158 Å². The molecule has 0 radical (unpaired) electrons. The molecule has 0 amide bonds. The van der Waals surface area contributed by atoms with Gasteiger partial charge in [0.1, 0.15) is 22.7 Å². The zero-order valence-corrected chi connectivity index (χ0v) is 28.6. The van der Waals surface area contributed by atoms with Gasteiger partial charge in [0.25, 0.3) is 0 Å². The Morgan fingerprint density at radius 3 is 1.83 bits per heavy atom. The SMILES string of the molecule is c1ccc2c(c1)Oc1cccc3nc(-n4c5ccccc5c5c6ccccc6c6c7ccccc7n(-c7ccc8oc9ccccc9c8c7)c6c54)nc-2c13. The predicted molar refractivity (Wildman–Crippen MR) is 219 cm³/mol. The fourth-order valence-corrected chi connectivity index (χ4v) is 9.11. The Bertz CT molecular complexity index is 3610. The highest BCUT2D eigenvalue weighted by Gasteiger charge is 2.28. The van der Waals surface area contributed by atoms with Crippen LogP contribution in [0.1, 0.15) is 0 Å². The number of benzene rings is 8. The first-order valence-corrected chi connectivity index (χ1v) is 18.2. The van der Waals surface area contributed by atoms with Gasteiger partial charge in [-0.3, -0.25) is 4.57 Å². The highest BCUT2D eigenvalue weighted by Crippen LogP contribution is 2.49. The summed E-state index contributed by atoms with van der Waals surface area (Å²) in [6.45, 7) is 0. The predicted octanol–water partition coefficient (Wildman–Crippen LogP) is 12.6. The standard InChI is InChI=1S/C48H26N4O2/c1-2-14-30-29(13-1)42-31-15-3-7-19-36(31)51(27-24-25-40-34(26-27)28-12-5-9-21-38(28)53-40)46(42)47-43(30)32-16-4-8-20-37(32)52(47)48-49-35-18-11-23-41-44(35)45(50-48)33-17-6-10-22-39(33)54-41/h1-26H. The van der Waals surface area contributed by atoms with E-state index in [1.807, 2.05) is 42.5 Å². The number of hydrogen-bond acceptors (Lipinski definition) is 4. The molecule has 13 rings (SSSR count). The summed E-state index contributed by atoms with van der Waals surface area (Å²) in [5.74, 6) is 2.17. The van der Waals surface area contributed by atoms with Crippen LogP contribution in [0.3, 0.4) is 0 Å². The third kappa shape index (κ3) is 3.54. The van der Waals surface area contributed by atoms with Gasteiger partial charge in [0.2, 0.25) is 5.95 Å². The summed E-state index contributed by atoms with van der Waals surface area (Å²) in [4.78, 5) is 10.8. The molecule has 0 fully saturated rings. The fraction of sp³-hybridized carbons (Fsp3) is 0. The molecule has 250 valence electrons. The normalized spacial score (nSPS) is 12.6. The maximum atomic E-state index is 6.38. The van der Waals surface area contributed by atoms with E-state index in [-0.39, 0.29) is 0 Å². The van der Waals surface area contributed by atoms with Crippen LogP contribution in [-0.4, -0.2) is 19.1 Å². The summed E-state index contributed by atoms with van der Waals surface area (Å²) in [6.07, 6.45) is 0. The molecule has 0 unspecified atom stereocenters. The fourth-order valence-electron chi connectivity index (χ4n) is 9.11. The van der Waals surface area contributed by atoms with Crippen molar-refractivity contribution in [2.24, 2.45) is 0 Å². The average molecular weight is 691 g/mol. The van der Waals surface area contributed by atoms with Crippen LogP contribution >= 0.6 is 0 Å². The molecule has 1 aliphatic heterocycles. The minimum atomic E-state index is 0.613. The van der Waals surface area contributed by atoms with Gasteiger partial charge in [-0.15, -0.1) is 0 Å². The molecule has 0 saturated carbocycles. The third-order valence-corrected chi connectivity index (χ3v) is 11.3. The Kier molecular flexibility index (Phi) is 5.28. The molecule has 54 heavy (non-hydrogen) atoms. The van der Waals surface area contributed by atoms with Gasteiger partial charge in [0, 0.05) is 43.6 Å². The van der Waals surface area contributed by atoms with E-state index in [2.05, 4.69) is 124 Å². The zero-order chi connectivity index (χ0) is 35.1. The number of hydrogen-bond donors (Lipinski definition) is 0. The molecule has 0 aliphatic carbocycles. The molecule has 12 aromatic rings. The summed E-state index contributed by atoms with van der Waals surface area (Å²) >= 11 is 0. The number of nitrogens with zero attached hydrogens (tertiary/aromatic N) is 4. The van der Waals surface area contributed by atoms with E-state index in [4.69, 9.17) is 19.1 Å². The molecule has 0 saturated heterocycles. The molecule has 1 aliphatic rings. The maximum Gasteiger partial charge on any atom is 0.235 e. The molecule has 0 atom stereocenters. The minimum absolute atomic E-state index is 0.613. The molecule has 8 aromatic carbocycles. The highest BCUT2D eigenvalue weighted by atomic mass is 16.5. The number of rotatable bonds is 2. The van der Waals surface area contributed by atoms with Crippen LogP contribution in [0.25, 0.3) is 110 Å². The quantitative estimate of drug-likeness (QED) is 0.181. The molecular formula is C48H26N4O2. The van der Waals surface area contributed by atoms with Crippen LogP contribution in [-0.2, 0) is 0 Å². The third-order valence-electron chi connectivity index (χ3n) is 11.3. The number of para-hydroxylation sites is 4. The summed E-state index contributed by atoms with van der Waals surface area (Å²) in [5.41, 5.74) is 9.79. The number of ether oxygens (including phenoxy) is 1. The van der Waals surface area contributed by atoms with Crippen LogP contribution < -0.4 is 4.74 Å². The van der Waals surface area contributed by atoms with Crippen LogP contribution in [0.5, 0.6) is 11.5 Å². The summed E-state index contributed by atoms with van der Waals surface area (Å²) in [5, 5.41) is 10.2. The van der Waals surface area contributed by atoms with E-state index in [1.165, 1.54) is 26.9 Å². The van der Waals surface area contributed by atoms with Crippen LogP contribution in [0.15, 0.2) is 162 Å². The van der Waals surface area contributed by atoms with Crippen molar-refractivity contribution in [3.63, 3.8) is 0 Å². The van der Waals surface area contributed by atoms with Crippen molar-refractivity contribution in [3.8, 4) is 34.4 Å². The molecule has 0 N–H and O–H groups in total. The molecule has 0 bridgehead atoms. The van der Waals surface area contributed by atoms with Crippen LogP contribution in [0.2, 0.25) is 0 Å². The van der Waals surface area contributed by atoms with Gasteiger partial charge in [0.05, 0.1) is 38.7 Å². The Hall–Kier alpha value is -7.44. The highest BCUT2D eigenvalue weighted by molar-refractivity contribution is 6.36. The maximum absolute atomic E-state index is 6.38. The van der Waals surface area contributed by atoms with Crippen molar-refractivity contribution in [1.29, 1.82) is 0 Å². The van der Waals surface area contributed by atoms with Gasteiger partial charge >= 0.3 is 0 Å². The molecular weight excluding hydrogens is 665 g/mol. The van der Waals surface area contributed by atoms with Crippen molar-refractivity contribution in [1.82, 2.24) is 19.1 Å². The second-order valence-electron chi connectivity index (χ2n) is 14.1. The van der Waals surface area contributed by atoms with E-state index >= 15 is 0 Å². The summed E-state index contributed by atoms with van der Waals surface area (Å²) in [7, 11) is 0. The van der Waals surface area contributed by atoms with Gasteiger partial charge in [-0.1, -0.05) is 97.1 Å². The van der Waals surface area contributed by atoms with Gasteiger partial charge in [-0.2, -0.15) is 0 Å². The Labute approximate surface area is 306 Å². The zero-order valence-electron chi connectivity index (χ0n) is 28.6. The number of fused-ring (bicyclic) bond motifs is 15. The van der Waals surface area contributed by atoms with Crippen LogP contribution in [0.4, 0.5) is 0 Å².